The highest BCUT2D eigenvalue weighted by molar-refractivity contribution is 6.35. The Bertz CT molecular complexity index is 361. The first-order valence-electron chi connectivity index (χ1n) is 6.45. The standard InChI is InChI=1S/C14H21Cl2NO2/c1-18-9-10-19-8-2-6-17-7-5-12-3-4-13(15)11-14(12)16/h3-4,11,17H,2,5-10H2,1H3. The topological polar surface area (TPSA) is 30.5 Å². The average Bonchev–Trinajstić information content (AvgIpc) is 2.39. The van der Waals surface area contributed by atoms with Crippen molar-refractivity contribution in [2.45, 2.75) is 12.8 Å². The van der Waals surface area contributed by atoms with E-state index in [1.165, 1.54) is 0 Å². The van der Waals surface area contributed by atoms with Crippen LogP contribution in [0.3, 0.4) is 0 Å². The molecule has 1 N–H and O–H groups in total. The molecule has 0 saturated carbocycles. The van der Waals surface area contributed by atoms with E-state index in [0.717, 1.165) is 43.1 Å². The Morgan fingerprint density at radius 3 is 2.68 bits per heavy atom. The number of nitrogens with one attached hydrogen (secondary N) is 1. The van der Waals surface area contributed by atoms with Gasteiger partial charge in [-0.2, -0.15) is 0 Å². The summed E-state index contributed by atoms with van der Waals surface area (Å²) >= 11 is 11.9. The number of halogens is 2. The van der Waals surface area contributed by atoms with E-state index in [-0.39, 0.29) is 0 Å². The summed E-state index contributed by atoms with van der Waals surface area (Å²) in [5.74, 6) is 0. The lowest BCUT2D eigenvalue weighted by Crippen LogP contribution is -2.20. The highest BCUT2D eigenvalue weighted by atomic mass is 35.5. The first kappa shape index (κ1) is 16.7. The number of hydrogen-bond acceptors (Lipinski definition) is 3. The van der Waals surface area contributed by atoms with Crippen LogP contribution in [-0.2, 0) is 15.9 Å². The molecule has 0 aliphatic heterocycles. The number of methoxy groups -OCH3 is 1. The average molecular weight is 306 g/mol. The Labute approximate surface area is 125 Å². The predicted molar refractivity (Wildman–Crippen MR) is 80.3 cm³/mol. The van der Waals surface area contributed by atoms with E-state index in [4.69, 9.17) is 32.7 Å². The number of rotatable bonds is 10. The van der Waals surface area contributed by atoms with E-state index >= 15 is 0 Å². The fourth-order valence-corrected chi connectivity index (χ4v) is 2.12. The van der Waals surface area contributed by atoms with Gasteiger partial charge < -0.3 is 14.8 Å². The molecule has 0 bridgehead atoms. The van der Waals surface area contributed by atoms with Gasteiger partial charge in [-0.05, 0) is 43.6 Å². The summed E-state index contributed by atoms with van der Waals surface area (Å²) in [5.41, 5.74) is 1.12. The van der Waals surface area contributed by atoms with Crippen molar-refractivity contribution in [2.24, 2.45) is 0 Å². The molecule has 0 fully saturated rings. The third-order valence-corrected chi connectivity index (χ3v) is 3.25. The molecule has 0 atom stereocenters. The number of hydrogen-bond donors (Lipinski definition) is 1. The third-order valence-electron chi connectivity index (χ3n) is 2.66. The van der Waals surface area contributed by atoms with Crippen LogP contribution in [0, 0.1) is 0 Å². The van der Waals surface area contributed by atoms with Crippen molar-refractivity contribution in [1.82, 2.24) is 5.32 Å². The second-order valence-electron chi connectivity index (χ2n) is 4.19. The summed E-state index contributed by atoms with van der Waals surface area (Å²) in [6.07, 6.45) is 1.90. The Balaban J connectivity index is 2.01. The predicted octanol–water partition coefficient (Wildman–Crippen LogP) is 3.18. The lowest BCUT2D eigenvalue weighted by atomic mass is 10.1. The summed E-state index contributed by atoms with van der Waals surface area (Å²) in [6.45, 7) is 3.93. The smallest absolute Gasteiger partial charge is 0.0700 e. The van der Waals surface area contributed by atoms with E-state index in [2.05, 4.69) is 5.32 Å². The number of benzene rings is 1. The van der Waals surface area contributed by atoms with E-state index in [1.807, 2.05) is 12.1 Å². The zero-order valence-electron chi connectivity index (χ0n) is 11.3. The van der Waals surface area contributed by atoms with Crippen LogP contribution in [0.25, 0.3) is 0 Å². The molecule has 19 heavy (non-hydrogen) atoms. The van der Waals surface area contributed by atoms with Crippen LogP contribution < -0.4 is 5.32 Å². The molecule has 0 aliphatic carbocycles. The quantitative estimate of drug-likeness (QED) is 0.674. The monoisotopic (exact) mass is 305 g/mol. The van der Waals surface area contributed by atoms with Gasteiger partial charge in [0.1, 0.15) is 0 Å². The van der Waals surface area contributed by atoms with Crippen LogP contribution in [0.1, 0.15) is 12.0 Å². The molecule has 0 amide bonds. The van der Waals surface area contributed by atoms with Crippen molar-refractivity contribution in [3.8, 4) is 0 Å². The molecule has 0 radical (unpaired) electrons. The maximum atomic E-state index is 6.10. The fourth-order valence-electron chi connectivity index (χ4n) is 1.62. The summed E-state index contributed by atoms with van der Waals surface area (Å²) in [5, 5.41) is 4.77. The molecule has 1 aromatic rings. The molecule has 1 aromatic carbocycles. The molecule has 0 aromatic heterocycles. The van der Waals surface area contributed by atoms with Crippen LogP contribution in [0.5, 0.6) is 0 Å². The molecule has 3 nitrogen and oxygen atoms in total. The van der Waals surface area contributed by atoms with Gasteiger partial charge in [0, 0.05) is 23.8 Å². The second-order valence-corrected chi connectivity index (χ2v) is 5.04. The van der Waals surface area contributed by atoms with Gasteiger partial charge >= 0.3 is 0 Å². The minimum Gasteiger partial charge on any atom is -0.382 e. The molecule has 1 rings (SSSR count). The van der Waals surface area contributed by atoms with Crippen molar-refractivity contribution in [3.05, 3.63) is 33.8 Å². The second kappa shape index (κ2) is 10.5. The van der Waals surface area contributed by atoms with Crippen molar-refractivity contribution in [1.29, 1.82) is 0 Å². The first-order valence-corrected chi connectivity index (χ1v) is 7.21. The summed E-state index contributed by atoms with van der Waals surface area (Å²) < 4.78 is 10.3. The van der Waals surface area contributed by atoms with E-state index in [0.29, 0.717) is 18.2 Å². The minimum atomic E-state index is 0.655. The summed E-state index contributed by atoms with van der Waals surface area (Å²) in [4.78, 5) is 0. The van der Waals surface area contributed by atoms with Gasteiger partial charge in [0.05, 0.1) is 13.2 Å². The van der Waals surface area contributed by atoms with Gasteiger partial charge in [-0.3, -0.25) is 0 Å². The molecule has 0 unspecified atom stereocenters. The summed E-state index contributed by atoms with van der Waals surface area (Å²) in [7, 11) is 1.67. The molecule has 0 spiro atoms. The molecular weight excluding hydrogens is 285 g/mol. The van der Waals surface area contributed by atoms with Crippen LogP contribution in [-0.4, -0.2) is 40.0 Å². The normalized spacial score (nSPS) is 10.9. The molecule has 0 heterocycles. The third kappa shape index (κ3) is 7.75. The van der Waals surface area contributed by atoms with Crippen LogP contribution in [0.2, 0.25) is 10.0 Å². The fraction of sp³-hybridized carbons (Fsp3) is 0.571. The zero-order valence-corrected chi connectivity index (χ0v) is 12.8. The van der Waals surface area contributed by atoms with Crippen molar-refractivity contribution < 1.29 is 9.47 Å². The van der Waals surface area contributed by atoms with Gasteiger partial charge in [0.2, 0.25) is 0 Å². The lowest BCUT2D eigenvalue weighted by Gasteiger charge is -2.07. The molecule has 5 heteroatoms. The Hall–Kier alpha value is -0.320. The highest BCUT2D eigenvalue weighted by Gasteiger charge is 2.00. The minimum absolute atomic E-state index is 0.655. The maximum absolute atomic E-state index is 6.10. The van der Waals surface area contributed by atoms with Crippen LogP contribution in [0.4, 0.5) is 0 Å². The Morgan fingerprint density at radius 1 is 1.11 bits per heavy atom. The maximum Gasteiger partial charge on any atom is 0.0700 e. The SMILES string of the molecule is COCCOCCCNCCc1ccc(Cl)cc1Cl. The van der Waals surface area contributed by atoms with E-state index in [1.54, 1.807) is 13.2 Å². The van der Waals surface area contributed by atoms with Crippen LogP contribution >= 0.6 is 23.2 Å². The molecule has 108 valence electrons. The van der Waals surface area contributed by atoms with Gasteiger partial charge in [-0.15, -0.1) is 0 Å². The van der Waals surface area contributed by atoms with Crippen molar-refractivity contribution in [2.75, 3.05) is 40.0 Å². The van der Waals surface area contributed by atoms with Crippen LogP contribution in [0.15, 0.2) is 18.2 Å². The summed E-state index contributed by atoms with van der Waals surface area (Å²) in [6, 6.07) is 5.62. The van der Waals surface area contributed by atoms with Crippen molar-refractivity contribution >= 4 is 23.2 Å². The zero-order chi connectivity index (χ0) is 13.9. The van der Waals surface area contributed by atoms with Crippen molar-refractivity contribution in [3.63, 3.8) is 0 Å². The lowest BCUT2D eigenvalue weighted by molar-refractivity contribution is 0.0695. The Kier molecular flexibility index (Phi) is 9.22. The van der Waals surface area contributed by atoms with Gasteiger partial charge in [-0.1, -0.05) is 29.3 Å². The van der Waals surface area contributed by atoms with E-state index in [9.17, 15) is 0 Å². The molecule has 0 aliphatic rings. The number of ether oxygens (including phenoxy) is 2. The first-order chi connectivity index (χ1) is 9.24. The molecular formula is C14H21Cl2NO2. The highest BCUT2D eigenvalue weighted by Crippen LogP contribution is 2.20. The van der Waals surface area contributed by atoms with E-state index < -0.39 is 0 Å². The van der Waals surface area contributed by atoms with Gasteiger partial charge in [0.25, 0.3) is 0 Å². The molecule has 0 saturated heterocycles. The Morgan fingerprint density at radius 2 is 1.95 bits per heavy atom. The van der Waals surface area contributed by atoms with Gasteiger partial charge in [0.15, 0.2) is 0 Å². The van der Waals surface area contributed by atoms with Gasteiger partial charge in [-0.25, -0.2) is 0 Å². The largest absolute Gasteiger partial charge is 0.382 e.